The highest BCUT2D eigenvalue weighted by Gasteiger charge is 2.20. The number of pyridine rings is 1. The Labute approximate surface area is 146 Å². The van der Waals surface area contributed by atoms with E-state index in [2.05, 4.69) is 27.1 Å². The van der Waals surface area contributed by atoms with Crippen LogP contribution in [-0.4, -0.2) is 27.9 Å². The second-order valence-corrected chi connectivity index (χ2v) is 6.45. The average Bonchev–Trinajstić information content (AvgIpc) is 2.78. The van der Waals surface area contributed by atoms with E-state index in [-0.39, 0.29) is 0 Å². The number of nitrogens with one attached hydrogen (secondary N) is 1. The summed E-state index contributed by atoms with van der Waals surface area (Å²) in [5, 5.41) is 9.12. The first-order valence-electron chi connectivity index (χ1n) is 8.26. The molecule has 0 atom stereocenters. The summed E-state index contributed by atoms with van der Waals surface area (Å²) in [6, 6.07) is 14.0. The van der Waals surface area contributed by atoms with Gasteiger partial charge in [0.05, 0.1) is 23.6 Å². The molecular weight excluding hydrogens is 320 g/mol. The summed E-state index contributed by atoms with van der Waals surface area (Å²) >= 11 is 6.07. The van der Waals surface area contributed by atoms with Gasteiger partial charge in [-0.3, -0.25) is 9.67 Å². The van der Waals surface area contributed by atoms with Crippen molar-refractivity contribution in [3.8, 4) is 11.3 Å². The normalized spacial score (nSPS) is 14.2. The first kappa shape index (κ1) is 15.4. The molecule has 122 valence electrons. The van der Waals surface area contributed by atoms with Gasteiger partial charge in [0.25, 0.3) is 0 Å². The molecule has 0 aliphatic carbocycles. The van der Waals surface area contributed by atoms with Gasteiger partial charge in [0.15, 0.2) is 0 Å². The number of benzene rings is 1. The number of rotatable bonds is 3. The summed E-state index contributed by atoms with van der Waals surface area (Å²) in [6.45, 7) is 2.65. The van der Waals surface area contributed by atoms with Crippen LogP contribution in [0.4, 0.5) is 0 Å². The van der Waals surface area contributed by atoms with Gasteiger partial charge in [0.1, 0.15) is 0 Å². The fourth-order valence-electron chi connectivity index (χ4n) is 3.25. The van der Waals surface area contributed by atoms with Crippen molar-refractivity contribution in [3.63, 3.8) is 0 Å². The standard InChI is InChI=1S/C19H19ClN4/c20-15-6-4-14(5-7-15)19-17-8-11-21-12-9-18(17)23-24(19)13-16-3-1-2-10-22-16/h1-7,10,21H,8-9,11-13H2. The maximum atomic E-state index is 6.07. The molecule has 1 aliphatic rings. The first-order chi connectivity index (χ1) is 11.8. The summed E-state index contributed by atoms with van der Waals surface area (Å²) < 4.78 is 2.10. The molecule has 0 spiro atoms. The molecule has 4 rings (SSSR count). The minimum Gasteiger partial charge on any atom is -0.316 e. The zero-order valence-electron chi connectivity index (χ0n) is 13.4. The molecule has 1 N–H and O–H groups in total. The van der Waals surface area contributed by atoms with E-state index in [9.17, 15) is 0 Å². The Morgan fingerprint density at radius 1 is 1.04 bits per heavy atom. The van der Waals surface area contributed by atoms with E-state index < -0.39 is 0 Å². The van der Waals surface area contributed by atoms with Crippen molar-refractivity contribution >= 4 is 11.6 Å². The Kier molecular flexibility index (Phi) is 4.32. The Balaban J connectivity index is 1.81. The van der Waals surface area contributed by atoms with Crippen molar-refractivity contribution < 1.29 is 0 Å². The molecule has 5 heteroatoms. The number of hydrogen-bond acceptors (Lipinski definition) is 3. The lowest BCUT2D eigenvalue weighted by Gasteiger charge is -2.10. The lowest BCUT2D eigenvalue weighted by atomic mass is 10.0. The maximum Gasteiger partial charge on any atom is 0.0838 e. The quantitative estimate of drug-likeness (QED) is 0.796. The van der Waals surface area contributed by atoms with Gasteiger partial charge in [-0.2, -0.15) is 5.10 Å². The molecule has 3 aromatic rings. The molecule has 1 aromatic carbocycles. The highest BCUT2D eigenvalue weighted by molar-refractivity contribution is 6.30. The average molecular weight is 339 g/mol. The Morgan fingerprint density at radius 3 is 2.67 bits per heavy atom. The van der Waals surface area contributed by atoms with Crippen LogP contribution >= 0.6 is 11.6 Å². The third-order valence-corrected chi connectivity index (χ3v) is 4.63. The van der Waals surface area contributed by atoms with Crippen LogP contribution in [0.1, 0.15) is 17.0 Å². The molecule has 0 fully saturated rings. The molecule has 24 heavy (non-hydrogen) atoms. The third kappa shape index (κ3) is 3.07. The number of aromatic nitrogens is 3. The van der Waals surface area contributed by atoms with E-state index in [0.29, 0.717) is 6.54 Å². The van der Waals surface area contributed by atoms with Crippen LogP contribution in [-0.2, 0) is 19.4 Å². The van der Waals surface area contributed by atoms with E-state index in [0.717, 1.165) is 42.2 Å². The summed E-state index contributed by atoms with van der Waals surface area (Å²) in [5.41, 5.74) is 5.91. The van der Waals surface area contributed by atoms with E-state index >= 15 is 0 Å². The second-order valence-electron chi connectivity index (χ2n) is 6.01. The molecule has 2 aromatic heterocycles. The molecule has 0 saturated carbocycles. The van der Waals surface area contributed by atoms with Crippen molar-refractivity contribution in [2.24, 2.45) is 0 Å². The fraction of sp³-hybridized carbons (Fsp3) is 0.263. The molecule has 0 unspecified atom stereocenters. The minimum atomic E-state index is 0.680. The topological polar surface area (TPSA) is 42.7 Å². The van der Waals surface area contributed by atoms with Crippen LogP contribution < -0.4 is 5.32 Å². The number of halogens is 1. The van der Waals surface area contributed by atoms with Crippen molar-refractivity contribution in [1.82, 2.24) is 20.1 Å². The number of hydrogen-bond donors (Lipinski definition) is 1. The SMILES string of the molecule is Clc1ccc(-c2c3c(nn2Cc2ccccn2)CCNCC3)cc1. The Hall–Kier alpha value is -2.17. The van der Waals surface area contributed by atoms with Gasteiger partial charge in [0.2, 0.25) is 0 Å². The smallest absolute Gasteiger partial charge is 0.0838 e. The number of nitrogens with zero attached hydrogens (tertiary/aromatic N) is 3. The fourth-order valence-corrected chi connectivity index (χ4v) is 3.37. The zero-order valence-corrected chi connectivity index (χ0v) is 14.1. The first-order valence-corrected chi connectivity index (χ1v) is 8.64. The predicted molar refractivity (Wildman–Crippen MR) is 96.3 cm³/mol. The summed E-state index contributed by atoms with van der Waals surface area (Å²) in [4.78, 5) is 4.45. The monoisotopic (exact) mass is 338 g/mol. The van der Waals surface area contributed by atoms with Crippen LogP contribution in [0.5, 0.6) is 0 Å². The second kappa shape index (κ2) is 6.75. The van der Waals surface area contributed by atoms with Gasteiger partial charge in [0, 0.05) is 35.3 Å². The van der Waals surface area contributed by atoms with E-state index in [1.54, 1.807) is 0 Å². The molecule has 0 radical (unpaired) electrons. The van der Waals surface area contributed by atoms with Gasteiger partial charge >= 0.3 is 0 Å². The summed E-state index contributed by atoms with van der Waals surface area (Å²) in [6.07, 6.45) is 3.79. The van der Waals surface area contributed by atoms with Crippen molar-refractivity contribution in [2.45, 2.75) is 19.4 Å². The van der Waals surface area contributed by atoms with E-state index in [4.69, 9.17) is 16.7 Å². The summed E-state index contributed by atoms with van der Waals surface area (Å²) in [7, 11) is 0. The molecule has 3 heterocycles. The van der Waals surface area contributed by atoms with Crippen LogP contribution in [0.3, 0.4) is 0 Å². The van der Waals surface area contributed by atoms with E-state index in [1.807, 2.05) is 36.5 Å². The molecule has 0 amide bonds. The predicted octanol–water partition coefficient (Wildman–Crippen LogP) is 3.34. The van der Waals surface area contributed by atoms with Crippen molar-refractivity contribution in [2.75, 3.05) is 13.1 Å². The lowest BCUT2D eigenvalue weighted by Crippen LogP contribution is -2.17. The molecule has 0 saturated heterocycles. The third-order valence-electron chi connectivity index (χ3n) is 4.38. The van der Waals surface area contributed by atoms with Gasteiger partial charge in [-0.05, 0) is 37.2 Å². The molecule has 0 bridgehead atoms. The number of fused-ring (bicyclic) bond motifs is 1. The maximum absolute atomic E-state index is 6.07. The van der Waals surface area contributed by atoms with Crippen molar-refractivity contribution in [1.29, 1.82) is 0 Å². The highest BCUT2D eigenvalue weighted by Crippen LogP contribution is 2.29. The van der Waals surface area contributed by atoms with Crippen LogP contribution in [0, 0.1) is 0 Å². The Morgan fingerprint density at radius 2 is 1.88 bits per heavy atom. The van der Waals surface area contributed by atoms with Gasteiger partial charge in [-0.1, -0.05) is 29.8 Å². The zero-order chi connectivity index (χ0) is 16.4. The molecular formula is C19H19ClN4. The van der Waals surface area contributed by atoms with Gasteiger partial charge in [-0.15, -0.1) is 0 Å². The Bertz CT molecular complexity index is 825. The highest BCUT2D eigenvalue weighted by atomic mass is 35.5. The lowest BCUT2D eigenvalue weighted by molar-refractivity contribution is 0.647. The molecule has 4 nitrogen and oxygen atoms in total. The van der Waals surface area contributed by atoms with Crippen LogP contribution in [0.15, 0.2) is 48.7 Å². The minimum absolute atomic E-state index is 0.680. The van der Waals surface area contributed by atoms with Crippen LogP contribution in [0.25, 0.3) is 11.3 Å². The van der Waals surface area contributed by atoms with Crippen molar-refractivity contribution in [3.05, 3.63) is 70.6 Å². The van der Waals surface area contributed by atoms with Crippen LogP contribution in [0.2, 0.25) is 5.02 Å². The molecule has 1 aliphatic heterocycles. The summed E-state index contributed by atoms with van der Waals surface area (Å²) in [5.74, 6) is 0. The largest absolute Gasteiger partial charge is 0.316 e. The van der Waals surface area contributed by atoms with Gasteiger partial charge in [-0.25, -0.2) is 0 Å². The van der Waals surface area contributed by atoms with E-state index in [1.165, 1.54) is 17.0 Å². The van der Waals surface area contributed by atoms with Gasteiger partial charge < -0.3 is 5.32 Å².